The summed E-state index contributed by atoms with van der Waals surface area (Å²) in [4.78, 5) is 23.9. The Kier molecular flexibility index (Phi) is 5.21. The molecule has 17 heavy (non-hydrogen) atoms. The summed E-state index contributed by atoms with van der Waals surface area (Å²) in [6, 6.07) is 0.333. The van der Waals surface area contributed by atoms with Crippen molar-refractivity contribution in [1.82, 2.24) is 15.5 Å². The van der Waals surface area contributed by atoms with Crippen LogP contribution in [-0.4, -0.2) is 54.7 Å². The van der Waals surface area contributed by atoms with Crippen LogP contribution in [0.2, 0.25) is 0 Å². The van der Waals surface area contributed by atoms with E-state index in [0.29, 0.717) is 18.5 Å². The molecule has 0 aromatic rings. The van der Waals surface area contributed by atoms with E-state index in [-0.39, 0.29) is 18.9 Å². The molecular weight excluding hydrogens is 222 g/mol. The third-order valence-electron chi connectivity index (χ3n) is 3.30. The zero-order valence-electron chi connectivity index (χ0n) is 10.4. The highest BCUT2D eigenvalue weighted by Gasteiger charge is 2.27. The molecule has 1 aliphatic rings. The average molecular weight is 243 g/mol. The molecule has 6 nitrogen and oxygen atoms in total. The first-order chi connectivity index (χ1) is 8.04. The molecule has 1 heterocycles. The molecule has 6 heteroatoms. The van der Waals surface area contributed by atoms with Crippen molar-refractivity contribution in [3.05, 3.63) is 0 Å². The maximum Gasteiger partial charge on any atom is 0.404 e. The first-order valence-corrected chi connectivity index (χ1v) is 5.96. The Morgan fingerprint density at radius 1 is 1.47 bits per heavy atom. The second-order valence-corrected chi connectivity index (χ2v) is 4.48. The van der Waals surface area contributed by atoms with Gasteiger partial charge in [-0.1, -0.05) is 6.92 Å². The summed E-state index contributed by atoms with van der Waals surface area (Å²) in [7, 11) is 1.90. The van der Waals surface area contributed by atoms with E-state index >= 15 is 0 Å². The minimum absolute atomic E-state index is 0.0194. The number of carbonyl (C=O) groups excluding carboxylic acids is 1. The van der Waals surface area contributed by atoms with Crippen LogP contribution in [0.4, 0.5) is 4.79 Å². The number of hydrogen-bond acceptors (Lipinski definition) is 3. The quantitative estimate of drug-likeness (QED) is 0.654. The standard InChI is InChI=1S/C11H21N3O3/c1-8-4-6-14(7-9(8)12-2)10(15)3-5-13-11(16)17/h8-9,12-13H,3-7H2,1-2H3,(H,16,17). The third kappa shape index (κ3) is 4.22. The van der Waals surface area contributed by atoms with Crippen molar-refractivity contribution in [3.63, 3.8) is 0 Å². The summed E-state index contributed by atoms with van der Waals surface area (Å²) in [5.41, 5.74) is 0. The highest BCUT2D eigenvalue weighted by molar-refractivity contribution is 5.77. The Labute approximate surface area is 101 Å². The summed E-state index contributed by atoms with van der Waals surface area (Å²) in [6.07, 6.45) is 0.138. The molecule has 2 atom stereocenters. The smallest absolute Gasteiger partial charge is 0.404 e. The van der Waals surface area contributed by atoms with E-state index in [9.17, 15) is 9.59 Å². The Balaban J connectivity index is 2.34. The first kappa shape index (κ1) is 13.8. The second kappa shape index (κ2) is 6.44. The van der Waals surface area contributed by atoms with Crippen LogP contribution in [0, 0.1) is 5.92 Å². The molecule has 0 aromatic carbocycles. The lowest BCUT2D eigenvalue weighted by molar-refractivity contribution is -0.132. The minimum Gasteiger partial charge on any atom is -0.465 e. The van der Waals surface area contributed by atoms with Gasteiger partial charge in [0.25, 0.3) is 0 Å². The molecule has 0 aliphatic carbocycles. The van der Waals surface area contributed by atoms with Crippen molar-refractivity contribution >= 4 is 12.0 Å². The predicted octanol–water partition coefficient (Wildman–Crippen LogP) is 0.101. The van der Waals surface area contributed by atoms with Crippen LogP contribution in [0.5, 0.6) is 0 Å². The topological polar surface area (TPSA) is 81.7 Å². The van der Waals surface area contributed by atoms with E-state index < -0.39 is 6.09 Å². The van der Waals surface area contributed by atoms with Gasteiger partial charge in [-0.05, 0) is 19.4 Å². The fourth-order valence-corrected chi connectivity index (χ4v) is 2.11. The molecule has 1 aliphatic heterocycles. The molecule has 1 rings (SSSR count). The minimum atomic E-state index is -1.09. The zero-order valence-corrected chi connectivity index (χ0v) is 10.4. The Bertz CT molecular complexity index is 283. The number of carboxylic acid groups (broad SMARTS) is 1. The summed E-state index contributed by atoms with van der Waals surface area (Å²) in [5, 5.41) is 13.8. The first-order valence-electron chi connectivity index (χ1n) is 5.96. The van der Waals surface area contributed by atoms with E-state index in [0.717, 1.165) is 13.0 Å². The molecule has 0 aromatic heterocycles. The van der Waals surface area contributed by atoms with Crippen molar-refractivity contribution in [1.29, 1.82) is 0 Å². The number of carbonyl (C=O) groups is 2. The number of nitrogens with zero attached hydrogens (tertiary/aromatic N) is 1. The molecule has 0 saturated carbocycles. The fraction of sp³-hybridized carbons (Fsp3) is 0.818. The summed E-state index contributed by atoms with van der Waals surface area (Å²) in [5.74, 6) is 0.590. The molecule has 1 fully saturated rings. The number of hydrogen-bond donors (Lipinski definition) is 3. The van der Waals surface area contributed by atoms with Crippen LogP contribution in [-0.2, 0) is 4.79 Å². The number of rotatable bonds is 4. The van der Waals surface area contributed by atoms with Gasteiger partial charge in [0.1, 0.15) is 0 Å². The maximum atomic E-state index is 11.8. The van der Waals surface area contributed by atoms with E-state index in [1.165, 1.54) is 0 Å². The third-order valence-corrected chi connectivity index (χ3v) is 3.30. The highest BCUT2D eigenvalue weighted by atomic mass is 16.4. The van der Waals surface area contributed by atoms with Crippen molar-refractivity contribution < 1.29 is 14.7 Å². The monoisotopic (exact) mass is 243 g/mol. The zero-order chi connectivity index (χ0) is 12.8. The highest BCUT2D eigenvalue weighted by Crippen LogP contribution is 2.17. The van der Waals surface area contributed by atoms with Crippen LogP contribution in [0.25, 0.3) is 0 Å². The van der Waals surface area contributed by atoms with E-state index in [4.69, 9.17) is 5.11 Å². The Morgan fingerprint density at radius 2 is 2.18 bits per heavy atom. The Morgan fingerprint density at radius 3 is 2.76 bits per heavy atom. The van der Waals surface area contributed by atoms with E-state index in [2.05, 4.69) is 17.6 Å². The van der Waals surface area contributed by atoms with Gasteiger partial charge in [-0.15, -0.1) is 0 Å². The molecule has 3 N–H and O–H groups in total. The van der Waals surface area contributed by atoms with Crippen molar-refractivity contribution in [2.24, 2.45) is 5.92 Å². The molecule has 1 saturated heterocycles. The van der Waals surface area contributed by atoms with Gasteiger partial charge in [-0.3, -0.25) is 4.79 Å². The molecule has 2 unspecified atom stereocenters. The lowest BCUT2D eigenvalue weighted by Gasteiger charge is -2.37. The summed E-state index contributed by atoms with van der Waals surface area (Å²) in [6.45, 7) is 3.84. The van der Waals surface area contributed by atoms with Gasteiger partial charge in [-0.2, -0.15) is 0 Å². The largest absolute Gasteiger partial charge is 0.465 e. The maximum absolute atomic E-state index is 11.8. The average Bonchev–Trinajstić information content (AvgIpc) is 2.29. The van der Waals surface area contributed by atoms with E-state index in [1.807, 2.05) is 11.9 Å². The van der Waals surface area contributed by atoms with Gasteiger partial charge in [0.15, 0.2) is 0 Å². The van der Waals surface area contributed by atoms with Gasteiger partial charge in [0.2, 0.25) is 5.91 Å². The van der Waals surface area contributed by atoms with Crippen LogP contribution in [0.3, 0.4) is 0 Å². The summed E-state index contributed by atoms with van der Waals surface area (Å²) >= 11 is 0. The van der Waals surface area contributed by atoms with Crippen molar-refractivity contribution in [2.75, 3.05) is 26.7 Å². The second-order valence-electron chi connectivity index (χ2n) is 4.48. The molecular formula is C11H21N3O3. The molecule has 98 valence electrons. The molecule has 0 bridgehead atoms. The number of likely N-dealkylation sites (tertiary alicyclic amines) is 1. The SMILES string of the molecule is CNC1CN(C(=O)CCNC(=O)O)CCC1C. The van der Waals surface area contributed by atoms with Gasteiger partial charge in [0, 0.05) is 32.1 Å². The van der Waals surface area contributed by atoms with Crippen LogP contribution < -0.4 is 10.6 Å². The summed E-state index contributed by atoms with van der Waals surface area (Å²) < 4.78 is 0. The predicted molar refractivity (Wildman–Crippen MR) is 63.9 cm³/mol. The van der Waals surface area contributed by atoms with Gasteiger partial charge in [-0.25, -0.2) is 4.79 Å². The van der Waals surface area contributed by atoms with Gasteiger partial charge < -0.3 is 20.6 Å². The number of likely N-dealkylation sites (N-methyl/N-ethyl adjacent to an activating group) is 1. The van der Waals surface area contributed by atoms with Crippen molar-refractivity contribution in [3.8, 4) is 0 Å². The molecule has 0 radical (unpaired) electrons. The van der Waals surface area contributed by atoms with Crippen molar-refractivity contribution in [2.45, 2.75) is 25.8 Å². The normalized spacial score (nSPS) is 24.5. The molecule has 0 spiro atoms. The van der Waals surface area contributed by atoms with Crippen LogP contribution >= 0.6 is 0 Å². The van der Waals surface area contributed by atoms with Gasteiger partial charge in [0.05, 0.1) is 0 Å². The number of nitrogens with one attached hydrogen (secondary N) is 2. The lowest BCUT2D eigenvalue weighted by Crippen LogP contribution is -2.51. The van der Waals surface area contributed by atoms with E-state index in [1.54, 1.807) is 0 Å². The van der Waals surface area contributed by atoms with Gasteiger partial charge >= 0.3 is 6.09 Å². The van der Waals surface area contributed by atoms with Crippen LogP contribution in [0.15, 0.2) is 0 Å². The lowest BCUT2D eigenvalue weighted by atomic mass is 9.93. The fourth-order valence-electron chi connectivity index (χ4n) is 2.11. The number of amides is 2. The number of piperidine rings is 1. The Hall–Kier alpha value is -1.30. The van der Waals surface area contributed by atoms with Crippen LogP contribution in [0.1, 0.15) is 19.8 Å². The molecule has 2 amide bonds.